The van der Waals surface area contributed by atoms with Crippen LogP contribution in [0.1, 0.15) is 40.6 Å². The van der Waals surface area contributed by atoms with Gasteiger partial charge in [0.05, 0.1) is 17.9 Å². The standard InChI is InChI=1S/C18H22N2O3/c21-18(22)15-6-3-5-14(11-15)12-19-13-16(17-7-4-10-23-17)20-8-1-2-9-20/h3-7,10-11,16,19H,1-2,8-9,12-13H2,(H,21,22). The van der Waals surface area contributed by atoms with Crippen molar-refractivity contribution in [3.8, 4) is 0 Å². The molecule has 1 aliphatic rings. The van der Waals surface area contributed by atoms with E-state index >= 15 is 0 Å². The molecule has 1 aliphatic heterocycles. The van der Waals surface area contributed by atoms with Crippen LogP contribution in [0, 0.1) is 0 Å². The van der Waals surface area contributed by atoms with Gasteiger partial charge in [-0.2, -0.15) is 0 Å². The summed E-state index contributed by atoms with van der Waals surface area (Å²) in [6.45, 7) is 3.63. The molecule has 1 unspecified atom stereocenters. The number of likely N-dealkylation sites (tertiary alicyclic amines) is 1. The largest absolute Gasteiger partial charge is 0.478 e. The predicted molar refractivity (Wildman–Crippen MR) is 87.4 cm³/mol. The number of nitrogens with zero attached hydrogens (tertiary/aromatic N) is 1. The lowest BCUT2D eigenvalue weighted by molar-refractivity contribution is 0.0696. The van der Waals surface area contributed by atoms with Crippen LogP contribution in [0.2, 0.25) is 0 Å². The fourth-order valence-electron chi connectivity index (χ4n) is 3.11. The third-order valence-electron chi connectivity index (χ3n) is 4.29. The van der Waals surface area contributed by atoms with Gasteiger partial charge in [0.25, 0.3) is 0 Å². The van der Waals surface area contributed by atoms with Crippen LogP contribution in [-0.2, 0) is 6.54 Å². The summed E-state index contributed by atoms with van der Waals surface area (Å²) >= 11 is 0. The average molecular weight is 314 g/mol. The average Bonchev–Trinajstić information content (AvgIpc) is 3.25. The van der Waals surface area contributed by atoms with Crippen molar-refractivity contribution in [3.63, 3.8) is 0 Å². The molecule has 5 nitrogen and oxygen atoms in total. The van der Waals surface area contributed by atoms with E-state index in [0.29, 0.717) is 12.1 Å². The van der Waals surface area contributed by atoms with Crippen molar-refractivity contribution in [1.29, 1.82) is 0 Å². The van der Waals surface area contributed by atoms with Crippen molar-refractivity contribution in [1.82, 2.24) is 10.2 Å². The zero-order chi connectivity index (χ0) is 16.1. The summed E-state index contributed by atoms with van der Waals surface area (Å²) < 4.78 is 5.60. The van der Waals surface area contributed by atoms with E-state index in [1.807, 2.05) is 18.2 Å². The van der Waals surface area contributed by atoms with E-state index in [9.17, 15) is 4.79 Å². The zero-order valence-electron chi connectivity index (χ0n) is 13.1. The van der Waals surface area contributed by atoms with Gasteiger partial charge in [0.2, 0.25) is 0 Å². The maximum Gasteiger partial charge on any atom is 0.335 e. The van der Waals surface area contributed by atoms with Gasteiger partial charge in [0.15, 0.2) is 0 Å². The van der Waals surface area contributed by atoms with Gasteiger partial charge in [0, 0.05) is 13.1 Å². The molecule has 5 heteroatoms. The van der Waals surface area contributed by atoms with Gasteiger partial charge in [-0.25, -0.2) is 4.79 Å². The molecule has 3 rings (SSSR count). The summed E-state index contributed by atoms with van der Waals surface area (Å²) in [5.41, 5.74) is 1.30. The third-order valence-corrected chi connectivity index (χ3v) is 4.29. The van der Waals surface area contributed by atoms with Crippen molar-refractivity contribution in [2.24, 2.45) is 0 Å². The van der Waals surface area contributed by atoms with Gasteiger partial charge in [-0.1, -0.05) is 12.1 Å². The molecule has 1 aromatic carbocycles. The monoisotopic (exact) mass is 314 g/mol. The second-order valence-electron chi connectivity index (χ2n) is 5.91. The Bertz CT molecular complexity index is 633. The molecule has 0 spiro atoms. The van der Waals surface area contributed by atoms with E-state index in [-0.39, 0.29) is 6.04 Å². The maximum atomic E-state index is 11.0. The first-order valence-corrected chi connectivity index (χ1v) is 8.04. The highest BCUT2D eigenvalue weighted by Crippen LogP contribution is 2.24. The Kier molecular flexibility index (Phi) is 5.10. The predicted octanol–water partition coefficient (Wildman–Crippen LogP) is 2.90. The van der Waals surface area contributed by atoms with Crippen LogP contribution in [0.3, 0.4) is 0 Å². The first-order valence-electron chi connectivity index (χ1n) is 8.04. The lowest BCUT2D eigenvalue weighted by Gasteiger charge is -2.26. The smallest absolute Gasteiger partial charge is 0.335 e. The Morgan fingerprint density at radius 3 is 2.78 bits per heavy atom. The summed E-state index contributed by atoms with van der Waals surface area (Å²) in [5, 5.41) is 12.5. The Balaban J connectivity index is 1.61. The molecule has 2 heterocycles. The molecular formula is C18H22N2O3. The zero-order valence-corrected chi connectivity index (χ0v) is 13.1. The number of carboxylic acid groups (broad SMARTS) is 1. The molecule has 122 valence electrons. The van der Waals surface area contributed by atoms with Crippen molar-refractivity contribution in [3.05, 3.63) is 59.5 Å². The molecule has 0 amide bonds. The maximum absolute atomic E-state index is 11.0. The third kappa shape index (κ3) is 4.00. The molecule has 2 aromatic rings. The molecule has 0 saturated carbocycles. The minimum Gasteiger partial charge on any atom is -0.478 e. The number of rotatable bonds is 7. The fourth-order valence-corrected chi connectivity index (χ4v) is 3.11. The summed E-state index contributed by atoms with van der Waals surface area (Å²) in [6, 6.07) is 11.2. The normalized spacial score (nSPS) is 16.5. The van der Waals surface area contributed by atoms with Gasteiger partial charge in [-0.15, -0.1) is 0 Å². The minimum atomic E-state index is -0.891. The van der Waals surface area contributed by atoms with E-state index < -0.39 is 5.97 Å². The SMILES string of the molecule is O=C(O)c1cccc(CNCC(c2ccco2)N2CCCC2)c1. The van der Waals surface area contributed by atoms with Crippen LogP contribution in [-0.4, -0.2) is 35.6 Å². The summed E-state index contributed by atoms with van der Waals surface area (Å²) in [7, 11) is 0. The van der Waals surface area contributed by atoms with Crippen LogP contribution in [0.5, 0.6) is 0 Å². The second-order valence-corrected chi connectivity index (χ2v) is 5.91. The molecule has 1 saturated heterocycles. The second kappa shape index (κ2) is 7.44. The number of furan rings is 1. The summed E-state index contributed by atoms with van der Waals surface area (Å²) in [6.07, 6.45) is 4.18. The van der Waals surface area contributed by atoms with Crippen LogP contribution in [0.15, 0.2) is 47.1 Å². The van der Waals surface area contributed by atoms with Crippen molar-refractivity contribution in [2.45, 2.75) is 25.4 Å². The summed E-state index contributed by atoms with van der Waals surface area (Å²) in [4.78, 5) is 13.5. The van der Waals surface area contributed by atoms with Crippen LogP contribution < -0.4 is 5.32 Å². The number of nitrogens with one attached hydrogen (secondary N) is 1. The van der Waals surface area contributed by atoms with Gasteiger partial charge in [-0.05, 0) is 55.8 Å². The Morgan fingerprint density at radius 1 is 1.26 bits per heavy atom. The van der Waals surface area contributed by atoms with Gasteiger partial charge >= 0.3 is 5.97 Å². The molecule has 1 atom stereocenters. The lowest BCUT2D eigenvalue weighted by Crippen LogP contribution is -2.33. The Morgan fingerprint density at radius 2 is 2.09 bits per heavy atom. The topological polar surface area (TPSA) is 65.7 Å². The van der Waals surface area contributed by atoms with Gasteiger partial charge in [-0.3, -0.25) is 4.90 Å². The van der Waals surface area contributed by atoms with E-state index in [2.05, 4.69) is 10.2 Å². The van der Waals surface area contributed by atoms with E-state index in [4.69, 9.17) is 9.52 Å². The molecule has 1 aromatic heterocycles. The molecule has 23 heavy (non-hydrogen) atoms. The number of benzene rings is 1. The van der Waals surface area contributed by atoms with E-state index in [0.717, 1.165) is 31.0 Å². The number of hydrogen-bond acceptors (Lipinski definition) is 4. The van der Waals surface area contributed by atoms with Crippen LogP contribution in [0.25, 0.3) is 0 Å². The number of carboxylic acids is 1. The van der Waals surface area contributed by atoms with E-state index in [1.165, 1.54) is 12.8 Å². The molecule has 0 bridgehead atoms. The van der Waals surface area contributed by atoms with Crippen molar-refractivity contribution in [2.75, 3.05) is 19.6 Å². The van der Waals surface area contributed by atoms with Crippen molar-refractivity contribution < 1.29 is 14.3 Å². The molecule has 0 aliphatic carbocycles. The fraction of sp³-hybridized carbons (Fsp3) is 0.389. The van der Waals surface area contributed by atoms with Crippen LogP contribution in [0.4, 0.5) is 0 Å². The number of carbonyl (C=O) groups is 1. The number of hydrogen-bond donors (Lipinski definition) is 2. The minimum absolute atomic E-state index is 0.232. The Labute approximate surface area is 135 Å². The summed E-state index contributed by atoms with van der Waals surface area (Å²) in [5.74, 6) is 0.0936. The Hall–Kier alpha value is -2.11. The lowest BCUT2D eigenvalue weighted by atomic mass is 10.1. The number of aromatic carboxylic acids is 1. The highest BCUT2D eigenvalue weighted by Gasteiger charge is 2.25. The van der Waals surface area contributed by atoms with Gasteiger partial charge < -0.3 is 14.8 Å². The molecule has 1 fully saturated rings. The van der Waals surface area contributed by atoms with Gasteiger partial charge in [0.1, 0.15) is 5.76 Å². The van der Waals surface area contributed by atoms with Crippen LogP contribution >= 0.6 is 0 Å². The van der Waals surface area contributed by atoms with E-state index in [1.54, 1.807) is 24.5 Å². The molecular weight excluding hydrogens is 292 g/mol. The highest BCUT2D eigenvalue weighted by atomic mass is 16.4. The molecule has 0 radical (unpaired) electrons. The quantitative estimate of drug-likeness (QED) is 0.822. The van der Waals surface area contributed by atoms with Crippen molar-refractivity contribution >= 4 is 5.97 Å². The first kappa shape index (κ1) is 15.8. The first-order chi connectivity index (χ1) is 11.2. The molecule has 2 N–H and O–H groups in total. The highest BCUT2D eigenvalue weighted by molar-refractivity contribution is 5.87.